The second-order valence-corrected chi connectivity index (χ2v) is 5.75. The normalized spacial score (nSPS) is 23.5. The van der Waals surface area contributed by atoms with E-state index in [4.69, 9.17) is 11.6 Å². The maximum Gasteiger partial charge on any atom is 0.254 e. The first kappa shape index (κ1) is 14.4. The Balaban J connectivity index is 2.24. The zero-order valence-corrected chi connectivity index (χ0v) is 12.2. The van der Waals surface area contributed by atoms with Gasteiger partial charge < -0.3 is 10.0 Å². The minimum Gasteiger partial charge on any atom is -0.396 e. The highest BCUT2D eigenvalue weighted by atomic mass is 35.5. The van der Waals surface area contributed by atoms with Gasteiger partial charge in [-0.1, -0.05) is 17.7 Å². The van der Waals surface area contributed by atoms with Crippen molar-refractivity contribution in [2.75, 3.05) is 13.2 Å². The number of rotatable bonds is 2. The molecule has 0 aliphatic carbocycles. The third-order valence-electron chi connectivity index (χ3n) is 4.00. The molecule has 1 aliphatic heterocycles. The number of amides is 1. The Morgan fingerprint density at radius 2 is 2.21 bits per heavy atom. The largest absolute Gasteiger partial charge is 0.396 e. The minimum absolute atomic E-state index is 0.0191. The highest BCUT2D eigenvalue weighted by molar-refractivity contribution is 6.31. The van der Waals surface area contributed by atoms with Gasteiger partial charge in [-0.05, 0) is 50.3 Å². The number of hydrogen-bond acceptors (Lipinski definition) is 2. The molecular weight excluding hydrogens is 262 g/mol. The quantitative estimate of drug-likeness (QED) is 0.905. The number of piperidine rings is 1. The monoisotopic (exact) mass is 281 g/mol. The fourth-order valence-electron chi connectivity index (χ4n) is 2.61. The van der Waals surface area contributed by atoms with Gasteiger partial charge in [0, 0.05) is 29.8 Å². The van der Waals surface area contributed by atoms with E-state index in [1.165, 1.54) is 0 Å². The second-order valence-electron chi connectivity index (χ2n) is 5.34. The molecule has 19 heavy (non-hydrogen) atoms. The number of benzene rings is 1. The van der Waals surface area contributed by atoms with Gasteiger partial charge in [-0.15, -0.1) is 0 Å². The molecule has 0 saturated carbocycles. The molecule has 0 unspecified atom stereocenters. The summed E-state index contributed by atoms with van der Waals surface area (Å²) in [4.78, 5) is 14.5. The Bertz CT molecular complexity index is 475. The van der Waals surface area contributed by atoms with E-state index in [0.29, 0.717) is 17.1 Å². The average molecular weight is 282 g/mol. The lowest BCUT2D eigenvalue weighted by molar-refractivity contribution is 0.0488. The van der Waals surface area contributed by atoms with Gasteiger partial charge in [0.25, 0.3) is 5.91 Å². The zero-order valence-electron chi connectivity index (χ0n) is 11.4. The molecule has 1 fully saturated rings. The number of carbonyl (C=O) groups is 1. The molecule has 1 saturated heterocycles. The summed E-state index contributed by atoms with van der Waals surface area (Å²) in [6.07, 6.45) is 1.92. The van der Waals surface area contributed by atoms with Crippen LogP contribution in [-0.4, -0.2) is 35.1 Å². The highest BCUT2D eigenvalue weighted by Gasteiger charge is 2.29. The average Bonchev–Trinajstić information content (AvgIpc) is 2.42. The Kier molecular flexibility index (Phi) is 4.48. The predicted molar refractivity (Wildman–Crippen MR) is 76.5 cm³/mol. The SMILES string of the molecule is Cc1c(Cl)cccc1C(=O)N1C[C@H](CO)CC[C@H]1C. The van der Waals surface area contributed by atoms with Crippen LogP contribution in [0.1, 0.15) is 35.7 Å². The summed E-state index contributed by atoms with van der Waals surface area (Å²) < 4.78 is 0. The summed E-state index contributed by atoms with van der Waals surface area (Å²) in [6, 6.07) is 5.64. The third kappa shape index (κ3) is 2.93. The first-order valence-electron chi connectivity index (χ1n) is 6.71. The van der Waals surface area contributed by atoms with Crippen LogP contribution in [0.4, 0.5) is 0 Å². The Morgan fingerprint density at radius 1 is 1.47 bits per heavy atom. The van der Waals surface area contributed by atoms with E-state index < -0.39 is 0 Å². The van der Waals surface area contributed by atoms with Crippen LogP contribution in [0.15, 0.2) is 18.2 Å². The molecule has 1 N–H and O–H groups in total. The van der Waals surface area contributed by atoms with Crippen LogP contribution in [0, 0.1) is 12.8 Å². The lowest BCUT2D eigenvalue weighted by Crippen LogP contribution is -2.46. The molecule has 1 aliphatic rings. The van der Waals surface area contributed by atoms with E-state index in [1.807, 2.05) is 17.9 Å². The van der Waals surface area contributed by atoms with Crippen LogP contribution < -0.4 is 0 Å². The smallest absolute Gasteiger partial charge is 0.254 e. The molecule has 4 heteroatoms. The first-order chi connectivity index (χ1) is 9.04. The topological polar surface area (TPSA) is 40.5 Å². The van der Waals surface area contributed by atoms with Crippen molar-refractivity contribution < 1.29 is 9.90 Å². The molecular formula is C15H20ClNO2. The van der Waals surface area contributed by atoms with Crippen molar-refractivity contribution >= 4 is 17.5 Å². The van der Waals surface area contributed by atoms with Crippen molar-refractivity contribution in [1.82, 2.24) is 4.90 Å². The maximum absolute atomic E-state index is 12.6. The third-order valence-corrected chi connectivity index (χ3v) is 4.41. The van der Waals surface area contributed by atoms with Crippen LogP contribution in [0.25, 0.3) is 0 Å². The van der Waals surface area contributed by atoms with Gasteiger partial charge >= 0.3 is 0 Å². The zero-order chi connectivity index (χ0) is 14.0. The van der Waals surface area contributed by atoms with Gasteiger partial charge in [0.15, 0.2) is 0 Å². The van der Waals surface area contributed by atoms with Crippen molar-refractivity contribution in [3.63, 3.8) is 0 Å². The van der Waals surface area contributed by atoms with Crippen LogP contribution in [0.5, 0.6) is 0 Å². The van der Waals surface area contributed by atoms with Crippen LogP contribution in [0.2, 0.25) is 5.02 Å². The van der Waals surface area contributed by atoms with E-state index in [9.17, 15) is 9.90 Å². The van der Waals surface area contributed by atoms with Crippen molar-refractivity contribution in [3.05, 3.63) is 34.3 Å². The lowest BCUT2D eigenvalue weighted by atomic mass is 9.93. The predicted octanol–water partition coefficient (Wildman–Crippen LogP) is 2.88. The standard InChI is InChI=1S/C15H20ClNO2/c1-10-6-7-12(9-18)8-17(10)15(19)13-4-3-5-14(16)11(13)2/h3-5,10,12,18H,6-9H2,1-2H3/t10-,12-/m1/s1. The molecule has 1 amide bonds. The number of likely N-dealkylation sites (tertiary alicyclic amines) is 1. The fourth-order valence-corrected chi connectivity index (χ4v) is 2.78. The Labute approximate surface area is 119 Å². The number of hydrogen-bond donors (Lipinski definition) is 1. The van der Waals surface area contributed by atoms with Gasteiger partial charge in [-0.2, -0.15) is 0 Å². The van der Waals surface area contributed by atoms with Gasteiger partial charge in [0.05, 0.1) is 0 Å². The first-order valence-corrected chi connectivity index (χ1v) is 7.09. The van der Waals surface area contributed by atoms with Gasteiger partial charge in [0.2, 0.25) is 0 Å². The van der Waals surface area contributed by atoms with Crippen molar-refractivity contribution in [1.29, 1.82) is 0 Å². The lowest BCUT2D eigenvalue weighted by Gasteiger charge is -2.37. The summed E-state index contributed by atoms with van der Waals surface area (Å²) in [5, 5.41) is 9.91. The second kappa shape index (κ2) is 5.93. The summed E-state index contributed by atoms with van der Waals surface area (Å²) >= 11 is 6.08. The van der Waals surface area contributed by atoms with Crippen LogP contribution in [-0.2, 0) is 0 Å². The number of carbonyl (C=O) groups excluding carboxylic acids is 1. The van der Waals surface area contributed by atoms with Crippen molar-refractivity contribution in [2.24, 2.45) is 5.92 Å². The molecule has 0 radical (unpaired) electrons. The molecule has 1 heterocycles. The molecule has 1 aromatic rings. The van der Waals surface area contributed by atoms with E-state index in [2.05, 4.69) is 6.92 Å². The molecule has 1 aromatic carbocycles. The molecule has 0 aromatic heterocycles. The maximum atomic E-state index is 12.6. The van der Waals surface area contributed by atoms with Gasteiger partial charge in [0.1, 0.15) is 0 Å². The van der Waals surface area contributed by atoms with E-state index in [-0.39, 0.29) is 24.5 Å². The van der Waals surface area contributed by atoms with Gasteiger partial charge in [-0.3, -0.25) is 4.79 Å². The molecule has 0 spiro atoms. The van der Waals surface area contributed by atoms with Crippen LogP contribution >= 0.6 is 11.6 Å². The summed E-state index contributed by atoms with van der Waals surface area (Å²) in [7, 11) is 0. The highest BCUT2D eigenvalue weighted by Crippen LogP contribution is 2.26. The number of nitrogens with zero attached hydrogens (tertiary/aromatic N) is 1. The summed E-state index contributed by atoms with van der Waals surface area (Å²) in [6.45, 7) is 4.70. The summed E-state index contributed by atoms with van der Waals surface area (Å²) in [5.41, 5.74) is 1.49. The molecule has 0 bridgehead atoms. The minimum atomic E-state index is 0.0191. The summed E-state index contributed by atoms with van der Waals surface area (Å²) in [5.74, 6) is 0.213. The Hall–Kier alpha value is -1.06. The molecule has 2 atom stereocenters. The van der Waals surface area contributed by atoms with E-state index >= 15 is 0 Å². The van der Waals surface area contributed by atoms with Gasteiger partial charge in [-0.25, -0.2) is 0 Å². The number of aliphatic hydroxyl groups is 1. The van der Waals surface area contributed by atoms with E-state index in [0.717, 1.165) is 18.4 Å². The number of halogens is 1. The molecule has 2 rings (SSSR count). The number of aliphatic hydroxyl groups excluding tert-OH is 1. The Morgan fingerprint density at radius 3 is 2.89 bits per heavy atom. The van der Waals surface area contributed by atoms with Crippen molar-refractivity contribution in [2.45, 2.75) is 32.7 Å². The molecule has 104 valence electrons. The fraction of sp³-hybridized carbons (Fsp3) is 0.533. The van der Waals surface area contributed by atoms with Crippen molar-refractivity contribution in [3.8, 4) is 0 Å². The van der Waals surface area contributed by atoms with Crippen LogP contribution in [0.3, 0.4) is 0 Å². The van der Waals surface area contributed by atoms with E-state index in [1.54, 1.807) is 12.1 Å². The molecule has 3 nitrogen and oxygen atoms in total.